The molecule has 0 radical (unpaired) electrons. The topological polar surface area (TPSA) is 40.5 Å². The standard InChI is InChI=1S/C3H8O2.Ti/c4-2-1-3-5;/h4-5H,1-3H2;. The average Bonchev–Trinajstić information content (AvgIpc) is 1.41. The molecule has 0 bridgehead atoms. The Morgan fingerprint density at radius 1 is 1.00 bits per heavy atom. The van der Waals surface area contributed by atoms with Crippen LogP contribution in [0.25, 0.3) is 0 Å². The predicted octanol–water partition coefficient (Wildman–Crippen LogP) is -0.641. The molecule has 0 fully saturated rings. The van der Waals surface area contributed by atoms with E-state index >= 15 is 0 Å². The minimum absolute atomic E-state index is 0. The summed E-state index contributed by atoms with van der Waals surface area (Å²) in [7, 11) is 0. The molecule has 2 nitrogen and oxygen atoms in total. The number of rotatable bonds is 2. The van der Waals surface area contributed by atoms with E-state index in [0.29, 0.717) is 6.42 Å². The molecule has 0 heterocycles. The van der Waals surface area contributed by atoms with E-state index in [9.17, 15) is 0 Å². The van der Waals surface area contributed by atoms with Gasteiger partial charge in [-0.25, -0.2) is 0 Å². The summed E-state index contributed by atoms with van der Waals surface area (Å²) in [6.45, 7) is 0.188. The Labute approximate surface area is 52.1 Å². The maximum atomic E-state index is 7.91. The zero-order valence-electron chi connectivity index (χ0n) is 3.52. The summed E-state index contributed by atoms with van der Waals surface area (Å²) in [6, 6.07) is 0. The van der Waals surface area contributed by atoms with Crippen LogP contribution in [-0.4, -0.2) is 23.4 Å². The van der Waals surface area contributed by atoms with Gasteiger partial charge in [-0.1, -0.05) is 0 Å². The third-order valence-corrected chi connectivity index (χ3v) is 0.316. The number of hydrogen-bond donors (Lipinski definition) is 2. The molecule has 0 unspecified atom stereocenters. The van der Waals surface area contributed by atoms with Gasteiger partial charge in [0.2, 0.25) is 0 Å². The summed E-state index contributed by atoms with van der Waals surface area (Å²) in [5.41, 5.74) is 0. The van der Waals surface area contributed by atoms with Gasteiger partial charge in [-0.3, -0.25) is 0 Å². The minimum Gasteiger partial charge on any atom is -0.396 e. The average molecular weight is 124 g/mol. The second kappa shape index (κ2) is 9.16. The zero-order valence-corrected chi connectivity index (χ0v) is 5.08. The van der Waals surface area contributed by atoms with Crippen LogP contribution >= 0.6 is 0 Å². The van der Waals surface area contributed by atoms with Crippen molar-refractivity contribution in [3.05, 3.63) is 0 Å². The quantitative estimate of drug-likeness (QED) is 0.480. The van der Waals surface area contributed by atoms with E-state index < -0.39 is 0 Å². The Balaban J connectivity index is 0. The van der Waals surface area contributed by atoms with E-state index in [2.05, 4.69) is 0 Å². The van der Waals surface area contributed by atoms with Crippen LogP contribution in [0.2, 0.25) is 0 Å². The van der Waals surface area contributed by atoms with Gasteiger partial charge in [0.1, 0.15) is 0 Å². The van der Waals surface area contributed by atoms with Crippen molar-refractivity contribution < 1.29 is 31.9 Å². The van der Waals surface area contributed by atoms with Crippen LogP contribution in [-0.2, 0) is 21.7 Å². The Kier molecular flexibility index (Phi) is 15.0. The third-order valence-electron chi connectivity index (χ3n) is 0.316. The van der Waals surface area contributed by atoms with Crippen LogP contribution in [0.15, 0.2) is 0 Å². The molecule has 0 spiro atoms. The first-order chi connectivity index (χ1) is 2.41. The SMILES string of the molecule is OCCCO.[Ti]. The summed E-state index contributed by atoms with van der Waals surface area (Å²) >= 11 is 0. The Morgan fingerprint density at radius 2 is 1.33 bits per heavy atom. The molecule has 36 valence electrons. The summed E-state index contributed by atoms with van der Waals surface area (Å²) < 4.78 is 0. The van der Waals surface area contributed by atoms with Crippen molar-refractivity contribution in [2.45, 2.75) is 6.42 Å². The smallest absolute Gasteiger partial charge is 0.0452 e. The third kappa shape index (κ3) is 8.82. The first kappa shape index (κ1) is 9.81. The first-order valence-electron chi connectivity index (χ1n) is 1.63. The molecule has 0 saturated heterocycles. The van der Waals surface area contributed by atoms with Gasteiger partial charge in [-0.15, -0.1) is 0 Å². The van der Waals surface area contributed by atoms with Gasteiger partial charge in [0.05, 0.1) is 0 Å². The van der Waals surface area contributed by atoms with Crippen LogP contribution in [0.4, 0.5) is 0 Å². The van der Waals surface area contributed by atoms with E-state index in [0.717, 1.165) is 0 Å². The summed E-state index contributed by atoms with van der Waals surface area (Å²) in [6.07, 6.45) is 0.500. The first-order valence-corrected chi connectivity index (χ1v) is 1.63. The van der Waals surface area contributed by atoms with Gasteiger partial charge in [0.15, 0.2) is 0 Å². The fraction of sp³-hybridized carbons (Fsp3) is 1.00. The Bertz CT molecular complexity index is 16.3. The van der Waals surface area contributed by atoms with Gasteiger partial charge >= 0.3 is 0 Å². The van der Waals surface area contributed by atoms with E-state index in [-0.39, 0.29) is 34.9 Å². The van der Waals surface area contributed by atoms with Crippen molar-refractivity contribution in [2.75, 3.05) is 13.2 Å². The van der Waals surface area contributed by atoms with Crippen LogP contribution in [0.1, 0.15) is 6.42 Å². The molecule has 6 heavy (non-hydrogen) atoms. The molecule has 0 aromatic rings. The molecule has 3 heteroatoms. The molecular formula is C3H8O2Ti. The molecule has 0 aliphatic heterocycles. The largest absolute Gasteiger partial charge is 0.396 e. The van der Waals surface area contributed by atoms with E-state index in [4.69, 9.17) is 10.2 Å². The monoisotopic (exact) mass is 124 g/mol. The fourth-order valence-electron chi connectivity index (χ4n) is 0.0707. The van der Waals surface area contributed by atoms with Crippen LogP contribution < -0.4 is 0 Å². The second-order valence-electron chi connectivity index (χ2n) is 0.801. The molecule has 0 aromatic carbocycles. The van der Waals surface area contributed by atoms with Crippen LogP contribution in [0.3, 0.4) is 0 Å². The molecule has 0 saturated carbocycles. The maximum Gasteiger partial charge on any atom is 0.0452 e. The molecule has 0 aliphatic carbocycles. The van der Waals surface area contributed by atoms with Crippen LogP contribution in [0, 0.1) is 0 Å². The number of hydrogen-bond acceptors (Lipinski definition) is 2. The fourth-order valence-corrected chi connectivity index (χ4v) is 0.0707. The molecule has 0 atom stereocenters. The molecular weight excluding hydrogens is 116 g/mol. The predicted molar refractivity (Wildman–Crippen MR) is 18.8 cm³/mol. The van der Waals surface area contributed by atoms with E-state index in [1.165, 1.54) is 0 Å². The van der Waals surface area contributed by atoms with Gasteiger partial charge in [-0.05, 0) is 6.42 Å². The molecule has 0 aromatic heterocycles. The zero-order chi connectivity index (χ0) is 4.12. The van der Waals surface area contributed by atoms with Crippen molar-refractivity contribution in [2.24, 2.45) is 0 Å². The normalized spacial score (nSPS) is 7.00. The minimum atomic E-state index is 0. The number of aliphatic hydroxyl groups excluding tert-OH is 2. The summed E-state index contributed by atoms with van der Waals surface area (Å²) in [4.78, 5) is 0. The summed E-state index contributed by atoms with van der Waals surface area (Å²) in [5.74, 6) is 0. The van der Waals surface area contributed by atoms with Gasteiger partial charge < -0.3 is 10.2 Å². The van der Waals surface area contributed by atoms with Crippen LogP contribution in [0.5, 0.6) is 0 Å². The molecule has 2 N–H and O–H groups in total. The second-order valence-corrected chi connectivity index (χ2v) is 0.801. The molecule has 0 aliphatic rings. The van der Waals surface area contributed by atoms with Gasteiger partial charge in [0.25, 0.3) is 0 Å². The van der Waals surface area contributed by atoms with Crippen molar-refractivity contribution >= 4 is 0 Å². The Morgan fingerprint density at radius 3 is 1.33 bits per heavy atom. The van der Waals surface area contributed by atoms with Crippen molar-refractivity contribution in [3.8, 4) is 0 Å². The van der Waals surface area contributed by atoms with E-state index in [1.54, 1.807) is 0 Å². The van der Waals surface area contributed by atoms with Crippen molar-refractivity contribution in [1.29, 1.82) is 0 Å². The summed E-state index contributed by atoms with van der Waals surface area (Å²) in [5, 5.41) is 15.8. The number of aliphatic hydroxyl groups is 2. The Hall–Kier alpha value is 0.634. The van der Waals surface area contributed by atoms with Gasteiger partial charge in [-0.2, -0.15) is 0 Å². The maximum absolute atomic E-state index is 7.91. The molecule has 0 amide bonds. The van der Waals surface area contributed by atoms with Crippen molar-refractivity contribution in [1.82, 2.24) is 0 Å². The van der Waals surface area contributed by atoms with E-state index in [1.807, 2.05) is 0 Å². The molecule has 0 rings (SSSR count). The van der Waals surface area contributed by atoms with Gasteiger partial charge in [0, 0.05) is 34.9 Å². The van der Waals surface area contributed by atoms with Crippen molar-refractivity contribution in [3.63, 3.8) is 0 Å².